The van der Waals surface area contributed by atoms with Gasteiger partial charge in [0, 0.05) is 13.1 Å². The molecule has 19 heavy (non-hydrogen) atoms. The Morgan fingerprint density at radius 2 is 1.89 bits per heavy atom. The van der Waals surface area contributed by atoms with Gasteiger partial charge >= 0.3 is 0 Å². The van der Waals surface area contributed by atoms with Crippen LogP contribution in [0.25, 0.3) is 0 Å². The first-order valence-electron chi connectivity index (χ1n) is 6.39. The summed E-state index contributed by atoms with van der Waals surface area (Å²) in [5.74, 6) is 0. The van der Waals surface area contributed by atoms with Gasteiger partial charge in [-0.2, -0.15) is 0 Å². The van der Waals surface area contributed by atoms with E-state index in [0.717, 1.165) is 18.8 Å². The minimum absolute atomic E-state index is 0.289. The van der Waals surface area contributed by atoms with Crippen molar-refractivity contribution in [3.8, 4) is 0 Å². The molecular weight excluding hydrogens is 264 g/mol. The number of anilines is 2. The molecule has 1 saturated heterocycles. The molecule has 0 unspecified atom stereocenters. The van der Waals surface area contributed by atoms with E-state index in [1.165, 1.54) is 0 Å². The van der Waals surface area contributed by atoms with Gasteiger partial charge in [0.25, 0.3) is 0 Å². The molecule has 0 aromatic heterocycles. The Morgan fingerprint density at radius 1 is 1.26 bits per heavy atom. The third-order valence-corrected chi connectivity index (χ3v) is 5.45. The van der Waals surface area contributed by atoms with E-state index in [-0.39, 0.29) is 4.90 Å². The van der Waals surface area contributed by atoms with Crippen LogP contribution in [0, 0.1) is 0 Å². The van der Waals surface area contributed by atoms with Crippen molar-refractivity contribution >= 4 is 21.2 Å². The lowest BCUT2D eigenvalue weighted by Gasteiger charge is -2.30. The minimum Gasteiger partial charge on any atom is -0.397 e. The highest BCUT2D eigenvalue weighted by atomic mass is 32.2. The van der Waals surface area contributed by atoms with Gasteiger partial charge < -0.3 is 15.4 Å². The van der Waals surface area contributed by atoms with Gasteiger partial charge in [0.15, 0.2) is 9.84 Å². The van der Waals surface area contributed by atoms with E-state index >= 15 is 0 Å². The average Bonchev–Trinajstić information content (AvgIpc) is 2.39. The summed E-state index contributed by atoms with van der Waals surface area (Å²) in [6, 6.07) is 4.98. The van der Waals surface area contributed by atoms with E-state index in [4.69, 9.17) is 10.5 Å². The zero-order valence-electron chi connectivity index (χ0n) is 11.3. The van der Waals surface area contributed by atoms with Gasteiger partial charge in [-0.05, 0) is 32.0 Å². The highest BCUT2D eigenvalue weighted by Gasteiger charge is 2.21. The van der Waals surface area contributed by atoms with Crippen molar-refractivity contribution in [2.45, 2.75) is 24.0 Å². The smallest absolute Gasteiger partial charge is 0.180 e. The number of sulfone groups is 1. The van der Waals surface area contributed by atoms with Gasteiger partial charge in [-0.1, -0.05) is 0 Å². The second kappa shape index (κ2) is 5.38. The Hall–Kier alpha value is -1.27. The molecule has 0 spiro atoms. The molecule has 6 heteroatoms. The van der Waals surface area contributed by atoms with Gasteiger partial charge in [-0.15, -0.1) is 0 Å². The second-order valence-electron chi connectivity index (χ2n) is 4.91. The van der Waals surface area contributed by atoms with Gasteiger partial charge in [-0.3, -0.25) is 0 Å². The summed E-state index contributed by atoms with van der Waals surface area (Å²) >= 11 is 0. The van der Waals surface area contributed by atoms with Crippen LogP contribution in [0.15, 0.2) is 23.1 Å². The molecule has 0 radical (unpaired) electrons. The fourth-order valence-corrected chi connectivity index (χ4v) is 3.17. The SMILES string of the molecule is CC(C)S(=O)(=O)c1ccc(N2CCOCC2)c(N)c1. The van der Waals surface area contributed by atoms with E-state index in [2.05, 4.69) is 4.90 Å². The maximum absolute atomic E-state index is 12.1. The lowest BCUT2D eigenvalue weighted by molar-refractivity contribution is 0.123. The number of rotatable bonds is 3. The summed E-state index contributed by atoms with van der Waals surface area (Å²) < 4.78 is 29.5. The number of hydrogen-bond acceptors (Lipinski definition) is 5. The predicted octanol–water partition coefficient (Wildman–Crippen LogP) is 1.29. The number of nitrogens with two attached hydrogens (primary N) is 1. The van der Waals surface area contributed by atoms with Crippen molar-refractivity contribution in [1.82, 2.24) is 0 Å². The lowest BCUT2D eigenvalue weighted by Crippen LogP contribution is -2.36. The molecule has 106 valence electrons. The average molecular weight is 284 g/mol. The van der Waals surface area contributed by atoms with Crippen LogP contribution in [0.3, 0.4) is 0 Å². The molecule has 0 aliphatic carbocycles. The molecule has 1 aliphatic rings. The van der Waals surface area contributed by atoms with Crippen molar-refractivity contribution in [3.63, 3.8) is 0 Å². The van der Waals surface area contributed by atoms with Crippen LogP contribution in [-0.2, 0) is 14.6 Å². The number of hydrogen-bond donors (Lipinski definition) is 1. The standard InChI is InChI=1S/C13H20N2O3S/c1-10(2)19(16,17)11-3-4-13(12(14)9-11)15-5-7-18-8-6-15/h3-4,9-10H,5-8,14H2,1-2H3. The van der Waals surface area contributed by atoms with Crippen molar-refractivity contribution in [2.24, 2.45) is 0 Å². The van der Waals surface area contributed by atoms with Crippen LogP contribution >= 0.6 is 0 Å². The molecule has 5 nitrogen and oxygen atoms in total. The molecular formula is C13H20N2O3S. The monoisotopic (exact) mass is 284 g/mol. The van der Waals surface area contributed by atoms with Crippen LogP contribution in [-0.4, -0.2) is 40.0 Å². The molecule has 2 N–H and O–H groups in total. The Labute approximate surface area is 114 Å². The zero-order chi connectivity index (χ0) is 14.0. The molecule has 1 aromatic rings. The van der Waals surface area contributed by atoms with Crippen molar-refractivity contribution in [3.05, 3.63) is 18.2 Å². The van der Waals surface area contributed by atoms with Crippen LogP contribution in [0.5, 0.6) is 0 Å². The number of nitrogens with zero attached hydrogens (tertiary/aromatic N) is 1. The second-order valence-corrected chi connectivity index (χ2v) is 7.42. The molecule has 0 atom stereocenters. The van der Waals surface area contributed by atoms with Crippen molar-refractivity contribution in [1.29, 1.82) is 0 Å². The molecule has 0 bridgehead atoms. The Balaban J connectivity index is 2.32. The van der Waals surface area contributed by atoms with Crippen LogP contribution in [0.2, 0.25) is 0 Å². The minimum atomic E-state index is -3.27. The Bertz CT molecular complexity index is 549. The van der Waals surface area contributed by atoms with Crippen LogP contribution in [0.4, 0.5) is 11.4 Å². The van der Waals surface area contributed by atoms with Crippen molar-refractivity contribution in [2.75, 3.05) is 36.9 Å². The molecule has 2 rings (SSSR count). The number of nitrogen functional groups attached to an aromatic ring is 1. The molecule has 1 aromatic carbocycles. The topological polar surface area (TPSA) is 72.6 Å². The normalized spacial score (nSPS) is 16.9. The fraction of sp³-hybridized carbons (Fsp3) is 0.538. The summed E-state index contributed by atoms with van der Waals surface area (Å²) in [5, 5.41) is -0.443. The summed E-state index contributed by atoms with van der Waals surface area (Å²) in [5.41, 5.74) is 7.39. The quantitative estimate of drug-likeness (QED) is 0.847. The van der Waals surface area contributed by atoms with E-state index in [9.17, 15) is 8.42 Å². The number of ether oxygens (including phenoxy) is 1. The molecule has 1 fully saturated rings. The third-order valence-electron chi connectivity index (χ3n) is 3.30. The molecule has 0 saturated carbocycles. The first-order chi connectivity index (χ1) is 8.93. The summed E-state index contributed by atoms with van der Waals surface area (Å²) in [4.78, 5) is 2.40. The molecule has 0 amide bonds. The largest absolute Gasteiger partial charge is 0.397 e. The summed E-state index contributed by atoms with van der Waals surface area (Å²) in [6.45, 7) is 6.24. The van der Waals surface area contributed by atoms with Gasteiger partial charge in [0.1, 0.15) is 0 Å². The van der Waals surface area contributed by atoms with Crippen LogP contribution < -0.4 is 10.6 Å². The lowest BCUT2D eigenvalue weighted by atomic mass is 10.2. The number of morpholine rings is 1. The summed E-state index contributed by atoms with van der Waals surface area (Å²) in [7, 11) is -3.27. The van der Waals surface area contributed by atoms with Gasteiger partial charge in [0.2, 0.25) is 0 Å². The van der Waals surface area contributed by atoms with Gasteiger partial charge in [0.05, 0.1) is 34.7 Å². The van der Waals surface area contributed by atoms with E-state index < -0.39 is 15.1 Å². The van der Waals surface area contributed by atoms with E-state index in [1.54, 1.807) is 32.0 Å². The third kappa shape index (κ3) is 2.84. The molecule has 1 aliphatic heterocycles. The Morgan fingerprint density at radius 3 is 2.42 bits per heavy atom. The highest BCUT2D eigenvalue weighted by molar-refractivity contribution is 7.92. The fourth-order valence-electron chi connectivity index (χ4n) is 2.07. The summed E-state index contributed by atoms with van der Waals surface area (Å²) in [6.07, 6.45) is 0. The highest BCUT2D eigenvalue weighted by Crippen LogP contribution is 2.28. The van der Waals surface area contributed by atoms with Gasteiger partial charge in [-0.25, -0.2) is 8.42 Å². The first-order valence-corrected chi connectivity index (χ1v) is 7.93. The first kappa shape index (κ1) is 14.1. The number of benzene rings is 1. The predicted molar refractivity (Wildman–Crippen MR) is 76.2 cm³/mol. The Kier molecular flexibility index (Phi) is 4.01. The molecule has 1 heterocycles. The van der Waals surface area contributed by atoms with E-state index in [1.807, 2.05) is 0 Å². The van der Waals surface area contributed by atoms with Crippen LogP contribution in [0.1, 0.15) is 13.8 Å². The van der Waals surface area contributed by atoms with Crippen molar-refractivity contribution < 1.29 is 13.2 Å². The maximum atomic E-state index is 12.1. The van der Waals surface area contributed by atoms with E-state index in [0.29, 0.717) is 18.9 Å². The zero-order valence-corrected chi connectivity index (χ0v) is 12.1. The maximum Gasteiger partial charge on any atom is 0.180 e.